The van der Waals surface area contributed by atoms with Crippen LogP contribution in [0.5, 0.6) is 0 Å². The first-order valence-electron chi connectivity index (χ1n) is 7.97. The van der Waals surface area contributed by atoms with E-state index in [9.17, 15) is 13.2 Å². The summed E-state index contributed by atoms with van der Waals surface area (Å²) in [5, 5.41) is 0. The first kappa shape index (κ1) is 17.3. The van der Waals surface area contributed by atoms with Crippen LogP contribution in [0.3, 0.4) is 0 Å². The lowest BCUT2D eigenvalue weighted by molar-refractivity contribution is -0.118. The van der Waals surface area contributed by atoms with Crippen LogP contribution in [0.15, 0.2) is 47.4 Å². The average molecular weight is 359 g/mol. The summed E-state index contributed by atoms with van der Waals surface area (Å²) < 4.78 is 27.9. The topological polar surface area (TPSA) is 69.7 Å². The van der Waals surface area contributed by atoms with Gasteiger partial charge in [0, 0.05) is 44.6 Å². The smallest absolute Gasteiger partial charge is 0.261 e. The molecule has 0 aliphatic carbocycles. The molecule has 6 nitrogen and oxygen atoms in total. The molecule has 7 heteroatoms. The summed E-state index contributed by atoms with van der Waals surface area (Å²) in [5.74, 6) is 0.0437. The molecular weight excluding hydrogens is 338 g/mol. The van der Waals surface area contributed by atoms with Gasteiger partial charge in [0.05, 0.1) is 4.90 Å². The van der Waals surface area contributed by atoms with Gasteiger partial charge in [-0.05, 0) is 54.4 Å². The van der Waals surface area contributed by atoms with E-state index in [2.05, 4.69) is 4.72 Å². The Bertz CT molecular complexity index is 906. The van der Waals surface area contributed by atoms with Gasteiger partial charge < -0.3 is 9.80 Å². The molecule has 0 spiro atoms. The lowest BCUT2D eigenvalue weighted by Gasteiger charge is -2.26. The number of anilines is 3. The van der Waals surface area contributed by atoms with Gasteiger partial charge in [-0.1, -0.05) is 0 Å². The largest absolute Gasteiger partial charge is 0.378 e. The Hall–Kier alpha value is -2.54. The van der Waals surface area contributed by atoms with Crippen molar-refractivity contribution in [1.82, 2.24) is 0 Å². The highest BCUT2D eigenvalue weighted by atomic mass is 32.2. The number of fused-ring (bicyclic) bond motifs is 1. The monoisotopic (exact) mass is 359 g/mol. The Balaban J connectivity index is 1.86. The Kier molecular flexibility index (Phi) is 4.43. The number of nitrogens with one attached hydrogen (secondary N) is 1. The molecule has 0 radical (unpaired) electrons. The van der Waals surface area contributed by atoms with Crippen LogP contribution in [0, 0.1) is 0 Å². The van der Waals surface area contributed by atoms with Crippen molar-refractivity contribution in [3.8, 4) is 0 Å². The summed E-state index contributed by atoms with van der Waals surface area (Å²) in [7, 11) is 1.88. The Labute approximate surface area is 148 Å². The maximum absolute atomic E-state index is 12.6. The maximum atomic E-state index is 12.6. The number of sulfonamides is 1. The van der Waals surface area contributed by atoms with Gasteiger partial charge in [-0.2, -0.15) is 0 Å². The van der Waals surface area contributed by atoms with E-state index in [1.54, 1.807) is 36.2 Å². The van der Waals surface area contributed by atoms with E-state index in [-0.39, 0.29) is 10.8 Å². The molecule has 2 aromatic carbocycles. The van der Waals surface area contributed by atoms with E-state index in [4.69, 9.17) is 0 Å². The van der Waals surface area contributed by atoms with Crippen LogP contribution in [0.2, 0.25) is 0 Å². The van der Waals surface area contributed by atoms with Crippen molar-refractivity contribution in [2.45, 2.75) is 17.7 Å². The number of benzene rings is 2. The van der Waals surface area contributed by atoms with Gasteiger partial charge in [0.25, 0.3) is 10.0 Å². The van der Waals surface area contributed by atoms with E-state index in [0.717, 1.165) is 16.9 Å². The molecule has 0 aromatic heterocycles. The van der Waals surface area contributed by atoms with Crippen LogP contribution in [0.1, 0.15) is 12.0 Å². The fourth-order valence-corrected chi connectivity index (χ4v) is 3.95. The van der Waals surface area contributed by atoms with Gasteiger partial charge in [0.1, 0.15) is 0 Å². The Morgan fingerprint density at radius 2 is 1.72 bits per heavy atom. The predicted octanol–water partition coefficient (Wildman–Crippen LogP) is 2.46. The summed E-state index contributed by atoms with van der Waals surface area (Å²) in [6.07, 6.45) is 0.950. The van der Waals surface area contributed by atoms with Crippen molar-refractivity contribution >= 4 is 33.0 Å². The lowest BCUT2D eigenvalue weighted by Crippen LogP contribution is -2.31. The molecule has 1 aliphatic rings. The Morgan fingerprint density at radius 1 is 1.04 bits per heavy atom. The van der Waals surface area contributed by atoms with Crippen LogP contribution in [0.25, 0.3) is 0 Å². The molecule has 0 saturated heterocycles. The molecule has 1 amide bonds. The van der Waals surface area contributed by atoms with Gasteiger partial charge >= 0.3 is 0 Å². The summed E-state index contributed by atoms with van der Waals surface area (Å²) in [4.78, 5) is 15.5. The quantitative estimate of drug-likeness (QED) is 0.910. The number of nitrogens with zero attached hydrogens (tertiary/aromatic N) is 2. The zero-order valence-corrected chi connectivity index (χ0v) is 15.3. The molecule has 25 heavy (non-hydrogen) atoms. The third kappa shape index (κ3) is 3.46. The molecule has 0 atom stereocenters. The van der Waals surface area contributed by atoms with E-state index in [1.165, 1.54) is 6.07 Å². The molecule has 0 saturated carbocycles. The lowest BCUT2D eigenvalue weighted by atomic mass is 10.0. The van der Waals surface area contributed by atoms with Crippen LogP contribution < -0.4 is 14.5 Å². The van der Waals surface area contributed by atoms with Crippen LogP contribution in [-0.2, 0) is 21.2 Å². The number of carbonyl (C=O) groups is 1. The van der Waals surface area contributed by atoms with Gasteiger partial charge in [-0.15, -0.1) is 0 Å². The molecule has 3 rings (SSSR count). The third-order valence-electron chi connectivity index (χ3n) is 4.34. The van der Waals surface area contributed by atoms with Gasteiger partial charge in [0.15, 0.2) is 0 Å². The van der Waals surface area contributed by atoms with Gasteiger partial charge in [0.2, 0.25) is 5.91 Å². The summed E-state index contributed by atoms with van der Waals surface area (Å²) >= 11 is 0. The van der Waals surface area contributed by atoms with Crippen molar-refractivity contribution < 1.29 is 13.2 Å². The SMILES string of the molecule is CN(C)c1ccc(NS(=O)(=O)c2ccc3c(c2)CCC(=O)N3C)cc1. The second-order valence-electron chi connectivity index (χ2n) is 6.29. The molecule has 1 heterocycles. The number of hydrogen-bond acceptors (Lipinski definition) is 4. The molecule has 0 fully saturated rings. The highest BCUT2D eigenvalue weighted by molar-refractivity contribution is 7.92. The molecule has 1 N–H and O–H groups in total. The van der Waals surface area contributed by atoms with E-state index in [1.807, 2.05) is 31.1 Å². The Morgan fingerprint density at radius 3 is 2.36 bits per heavy atom. The van der Waals surface area contributed by atoms with Crippen molar-refractivity contribution in [3.05, 3.63) is 48.0 Å². The summed E-state index contributed by atoms with van der Waals surface area (Å²) in [6, 6.07) is 12.0. The normalized spacial score (nSPS) is 14.2. The number of carbonyl (C=O) groups excluding carboxylic acids is 1. The van der Waals surface area contributed by atoms with Crippen molar-refractivity contribution in [2.75, 3.05) is 35.7 Å². The number of amides is 1. The summed E-state index contributed by atoms with van der Waals surface area (Å²) in [5.41, 5.74) is 3.14. The minimum absolute atomic E-state index is 0.0437. The number of hydrogen-bond donors (Lipinski definition) is 1. The van der Waals surface area contributed by atoms with Crippen LogP contribution in [0.4, 0.5) is 17.1 Å². The van der Waals surface area contributed by atoms with Crippen molar-refractivity contribution in [3.63, 3.8) is 0 Å². The molecule has 0 bridgehead atoms. The fourth-order valence-electron chi connectivity index (χ4n) is 2.84. The number of rotatable bonds is 4. The fraction of sp³-hybridized carbons (Fsp3) is 0.278. The third-order valence-corrected chi connectivity index (χ3v) is 5.72. The van der Waals surface area contributed by atoms with Crippen LogP contribution in [-0.4, -0.2) is 35.5 Å². The highest BCUT2D eigenvalue weighted by Crippen LogP contribution is 2.29. The zero-order valence-electron chi connectivity index (χ0n) is 14.5. The first-order valence-corrected chi connectivity index (χ1v) is 9.46. The molecule has 1 aliphatic heterocycles. The predicted molar refractivity (Wildman–Crippen MR) is 99.8 cm³/mol. The average Bonchev–Trinajstić information content (AvgIpc) is 2.58. The number of aryl methyl sites for hydroxylation is 1. The minimum atomic E-state index is -3.68. The first-order chi connectivity index (χ1) is 11.8. The van der Waals surface area contributed by atoms with Gasteiger partial charge in [-0.3, -0.25) is 9.52 Å². The molecule has 2 aromatic rings. The van der Waals surface area contributed by atoms with Crippen LogP contribution >= 0.6 is 0 Å². The highest BCUT2D eigenvalue weighted by Gasteiger charge is 2.23. The van der Waals surface area contributed by atoms with E-state index >= 15 is 0 Å². The second-order valence-corrected chi connectivity index (χ2v) is 7.97. The van der Waals surface area contributed by atoms with Crippen molar-refractivity contribution in [1.29, 1.82) is 0 Å². The zero-order chi connectivity index (χ0) is 18.2. The molecular formula is C18H21N3O3S. The minimum Gasteiger partial charge on any atom is -0.378 e. The maximum Gasteiger partial charge on any atom is 0.261 e. The van der Waals surface area contributed by atoms with E-state index in [0.29, 0.717) is 18.5 Å². The van der Waals surface area contributed by atoms with E-state index < -0.39 is 10.0 Å². The van der Waals surface area contributed by atoms with Gasteiger partial charge in [-0.25, -0.2) is 8.42 Å². The summed E-state index contributed by atoms with van der Waals surface area (Å²) in [6.45, 7) is 0. The molecule has 0 unspecified atom stereocenters. The second kappa shape index (κ2) is 6.40. The standard InChI is InChI=1S/C18H21N3O3S/c1-20(2)15-7-5-14(6-8-15)19-25(23,24)16-9-10-17-13(12-16)4-11-18(22)21(17)3/h5-10,12,19H,4,11H2,1-3H3. The van der Waals surface area contributed by atoms with Crippen molar-refractivity contribution in [2.24, 2.45) is 0 Å². The molecule has 132 valence electrons.